The van der Waals surface area contributed by atoms with Crippen molar-refractivity contribution in [1.82, 2.24) is 15.2 Å². The lowest BCUT2D eigenvalue weighted by molar-refractivity contribution is 0.122. The van der Waals surface area contributed by atoms with Gasteiger partial charge in [-0.3, -0.25) is 10.3 Å². The van der Waals surface area contributed by atoms with Crippen LogP contribution in [0.3, 0.4) is 0 Å². The summed E-state index contributed by atoms with van der Waals surface area (Å²) in [7, 11) is 0. The normalized spacial score (nSPS) is 16.2. The summed E-state index contributed by atoms with van der Waals surface area (Å²) in [6.07, 6.45) is 2.69. The molecular formula is C19H25N5OS. The first-order valence-electron chi connectivity index (χ1n) is 8.85. The lowest BCUT2D eigenvalue weighted by Crippen LogP contribution is -2.46. The molecule has 138 valence electrons. The minimum Gasteiger partial charge on any atom is -0.459 e. The van der Waals surface area contributed by atoms with E-state index in [1.807, 2.05) is 12.1 Å². The van der Waals surface area contributed by atoms with E-state index >= 15 is 0 Å². The zero-order valence-corrected chi connectivity index (χ0v) is 15.6. The van der Waals surface area contributed by atoms with Crippen molar-refractivity contribution in [2.45, 2.75) is 13.0 Å². The van der Waals surface area contributed by atoms with Crippen LogP contribution < -0.4 is 11.2 Å². The molecule has 1 saturated heterocycles. The molecule has 1 fully saturated rings. The first-order chi connectivity index (χ1) is 12.7. The third-order valence-corrected chi connectivity index (χ3v) is 4.54. The smallest absolute Gasteiger partial charge is 0.184 e. The molecule has 0 radical (unpaired) electrons. The van der Waals surface area contributed by atoms with Gasteiger partial charge in [-0.05, 0) is 36.3 Å². The Kier molecular flexibility index (Phi) is 6.76. The molecule has 0 spiro atoms. The quantitative estimate of drug-likeness (QED) is 0.439. The summed E-state index contributed by atoms with van der Waals surface area (Å²) in [6.45, 7) is 6.25. The van der Waals surface area contributed by atoms with Crippen molar-refractivity contribution in [3.05, 3.63) is 59.5 Å². The summed E-state index contributed by atoms with van der Waals surface area (Å²) in [5.41, 5.74) is 9.24. The van der Waals surface area contributed by atoms with Gasteiger partial charge in [-0.2, -0.15) is 5.10 Å². The molecular weight excluding hydrogens is 346 g/mol. The maximum Gasteiger partial charge on any atom is 0.184 e. The first-order valence-corrected chi connectivity index (χ1v) is 9.26. The van der Waals surface area contributed by atoms with Gasteiger partial charge < -0.3 is 15.1 Å². The standard InChI is InChI=1S/C19H25N5OS/c20-19(26)22-21-14-17-6-7-18(25-17)15-24-12-10-23(11-13-24)9-8-16-4-2-1-3-5-16/h1-7,14H,8-13,15H2,(H3,20,22,26)/b21-14+. The average molecular weight is 372 g/mol. The van der Waals surface area contributed by atoms with Gasteiger partial charge in [0.1, 0.15) is 11.5 Å². The fraction of sp³-hybridized carbons (Fsp3) is 0.368. The fourth-order valence-electron chi connectivity index (χ4n) is 3.03. The molecule has 1 aromatic carbocycles. The summed E-state index contributed by atoms with van der Waals surface area (Å²) < 4.78 is 5.77. The molecule has 3 rings (SSSR count). The van der Waals surface area contributed by atoms with E-state index < -0.39 is 0 Å². The maximum atomic E-state index is 5.77. The molecule has 1 aliphatic heterocycles. The zero-order valence-electron chi connectivity index (χ0n) is 14.8. The SMILES string of the molecule is NC(=S)N/N=C/c1ccc(CN2CCN(CCc3ccccc3)CC2)o1. The number of nitrogens with one attached hydrogen (secondary N) is 1. The van der Waals surface area contributed by atoms with Gasteiger partial charge in [-0.15, -0.1) is 0 Å². The van der Waals surface area contributed by atoms with Gasteiger partial charge in [0, 0.05) is 32.7 Å². The van der Waals surface area contributed by atoms with E-state index in [1.54, 1.807) is 6.21 Å². The highest BCUT2D eigenvalue weighted by Crippen LogP contribution is 2.12. The van der Waals surface area contributed by atoms with Gasteiger partial charge in [-0.25, -0.2) is 0 Å². The molecule has 26 heavy (non-hydrogen) atoms. The Bertz CT molecular complexity index is 723. The van der Waals surface area contributed by atoms with Crippen molar-refractivity contribution in [3.8, 4) is 0 Å². The second-order valence-electron chi connectivity index (χ2n) is 6.39. The number of benzene rings is 1. The van der Waals surface area contributed by atoms with Crippen molar-refractivity contribution in [2.24, 2.45) is 10.8 Å². The minimum atomic E-state index is 0.137. The Morgan fingerprint density at radius 2 is 1.85 bits per heavy atom. The number of thiocarbonyl (C=S) groups is 1. The molecule has 0 saturated carbocycles. The van der Waals surface area contributed by atoms with Crippen molar-refractivity contribution in [1.29, 1.82) is 0 Å². The van der Waals surface area contributed by atoms with Crippen molar-refractivity contribution < 1.29 is 4.42 Å². The fourth-order valence-corrected chi connectivity index (χ4v) is 3.08. The lowest BCUT2D eigenvalue weighted by Gasteiger charge is -2.34. The van der Waals surface area contributed by atoms with E-state index in [4.69, 9.17) is 22.4 Å². The van der Waals surface area contributed by atoms with E-state index in [-0.39, 0.29) is 5.11 Å². The highest BCUT2D eigenvalue weighted by molar-refractivity contribution is 7.80. The Labute approximate surface area is 159 Å². The van der Waals surface area contributed by atoms with Crippen LogP contribution in [0.4, 0.5) is 0 Å². The Morgan fingerprint density at radius 1 is 1.12 bits per heavy atom. The third kappa shape index (κ3) is 5.94. The predicted octanol–water partition coefficient (Wildman–Crippen LogP) is 1.81. The van der Waals surface area contributed by atoms with E-state index in [0.29, 0.717) is 5.76 Å². The molecule has 2 aromatic rings. The van der Waals surface area contributed by atoms with Crippen LogP contribution in [0.1, 0.15) is 17.1 Å². The monoisotopic (exact) mass is 371 g/mol. The molecule has 0 atom stereocenters. The topological polar surface area (TPSA) is 70.0 Å². The van der Waals surface area contributed by atoms with Gasteiger partial charge in [0.05, 0.1) is 12.8 Å². The molecule has 0 unspecified atom stereocenters. The van der Waals surface area contributed by atoms with E-state index in [2.05, 4.69) is 50.7 Å². The number of hydrogen-bond acceptors (Lipinski definition) is 5. The Hall–Kier alpha value is -2.22. The van der Waals surface area contributed by atoms with Crippen LogP contribution in [0.5, 0.6) is 0 Å². The molecule has 0 bridgehead atoms. The number of hydrazone groups is 1. The largest absolute Gasteiger partial charge is 0.459 e. The van der Waals surface area contributed by atoms with Crippen LogP contribution in [-0.2, 0) is 13.0 Å². The molecule has 1 aromatic heterocycles. The number of hydrogen-bond donors (Lipinski definition) is 2. The minimum absolute atomic E-state index is 0.137. The highest BCUT2D eigenvalue weighted by Gasteiger charge is 2.17. The highest BCUT2D eigenvalue weighted by atomic mass is 32.1. The van der Waals surface area contributed by atoms with Crippen LogP contribution in [-0.4, -0.2) is 53.9 Å². The molecule has 7 heteroatoms. The number of furan rings is 1. The van der Waals surface area contributed by atoms with E-state index in [0.717, 1.165) is 51.4 Å². The van der Waals surface area contributed by atoms with Crippen LogP contribution in [0.2, 0.25) is 0 Å². The van der Waals surface area contributed by atoms with E-state index in [9.17, 15) is 0 Å². The van der Waals surface area contributed by atoms with Crippen molar-refractivity contribution in [3.63, 3.8) is 0 Å². The van der Waals surface area contributed by atoms with Crippen molar-refractivity contribution >= 4 is 23.5 Å². The molecule has 3 N–H and O–H groups in total. The zero-order chi connectivity index (χ0) is 18.2. The summed E-state index contributed by atoms with van der Waals surface area (Å²) in [5.74, 6) is 1.63. The van der Waals surface area contributed by atoms with Crippen LogP contribution >= 0.6 is 12.2 Å². The number of rotatable bonds is 7. The van der Waals surface area contributed by atoms with Gasteiger partial charge >= 0.3 is 0 Å². The Morgan fingerprint density at radius 3 is 2.58 bits per heavy atom. The van der Waals surface area contributed by atoms with Gasteiger partial charge in [0.25, 0.3) is 0 Å². The average Bonchev–Trinajstić information content (AvgIpc) is 3.09. The van der Waals surface area contributed by atoms with Gasteiger partial charge in [0.2, 0.25) is 0 Å². The second-order valence-corrected chi connectivity index (χ2v) is 6.83. The lowest BCUT2D eigenvalue weighted by atomic mass is 10.1. The summed E-state index contributed by atoms with van der Waals surface area (Å²) >= 11 is 4.69. The molecule has 0 amide bonds. The predicted molar refractivity (Wildman–Crippen MR) is 108 cm³/mol. The van der Waals surface area contributed by atoms with Gasteiger partial charge in [-0.1, -0.05) is 30.3 Å². The third-order valence-electron chi connectivity index (χ3n) is 4.45. The summed E-state index contributed by atoms with van der Waals surface area (Å²) in [5, 5.41) is 4.04. The molecule has 1 aliphatic rings. The van der Waals surface area contributed by atoms with Crippen molar-refractivity contribution in [2.75, 3.05) is 32.7 Å². The summed E-state index contributed by atoms with van der Waals surface area (Å²) in [4.78, 5) is 4.96. The first kappa shape index (κ1) is 18.6. The number of piperazine rings is 1. The molecule has 0 aliphatic carbocycles. The van der Waals surface area contributed by atoms with Gasteiger partial charge in [0.15, 0.2) is 5.11 Å². The van der Waals surface area contributed by atoms with Crippen LogP contribution in [0, 0.1) is 0 Å². The van der Waals surface area contributed by atoms with Crippen LogP contribution in [0.25, 0.3) is 0 Å². The Balaban J connectivity index is 1.39. The maximum absolute atomic E-state index is 5.77. The molecule has 2 heterocycles. The van der Waals surface area contributed by atoms with Crippen LogP contribution in [0.15, 0.2) is 52.0 Å². The number of nitrogens with zero attached hydrogens (tertiary/aromatic N) is 3. The molecule has 6 nitrogen and oxygen atoms in total. The summed E-state index contributed by atoms with van der Waals surface area (Å²) in [6, 6.07) is 14.6. The number of nitrogens with two attached hydrogens (primary N) is 1. The van der Waals surface area contributed by atoms with E-state index in [1.165, 1.54) is 5.56 Å². The second kappa shape index (κ2) is 9.47.